The third-order valence-corrected chi connectivity index (χ3v) is 7.37. The van der Waals surface area contributed by atoms with E-state index in [1.54, 1.807) is 0 Å². The summed E-state index contributed by atoms with van der Waals surface area (Å²) in [6.07, 6.45) is 0. The minimum absolute atomic E-state index is 0.547. The maximum atomic E-state index is 12.2. The minimum Gasteiger partial charge on any atom is -0.480 e. The summed E-state index contributed by atoms with van der Waals surface area (Å²) in [5, 5.41) is 87.8. The second kappa shape index (κ2) is 16.5. The number of carboxylic acid groups (broad SMARTS) is 9. The molecule has 3 aromatic carbocycles. The van der Waals surface area contributed by atoms with Crippen LogP contribution in [-0.4, -0.2) is 134 Å². The fourth-order valence-electron chi connectivity index (χ4n) is 4.99. The van der Waals surface area contributed by atoms with Gasteiger partial charge in [0.25, 0.3) is 0 Å². The van der Waals surface area contributed by atoms with Gasteiger partial charge in [-0.3, -0.25) is 29.1 Å². The zero-order valence-electron chi connectivity index (χ0n) is 28.2. The molecule has 0 atom stereocenters. The van der Waals surface area contributed by atoms with Gasteiger partial charge in [0.15, 0.2) is 0 Å². The second-order valence-electron chi connectivity index (χ2n) is 11.3. The van der Waals surface area contributed by atoms with Crippen molar-refractivity contribution >= 4 is 88.6 Å². The summed E-state index contributed by atoms with van der Waals surface area (Å²) in [7, 11) is 0. The van der Waals surface area contributed by atoms with E-state index in [0.717, 1.165) is 36.4 Å². The molecule has 0 amide bonds. The smallest absolute Gasteiger partial charge is 0.335 e. The van der Waals surface area contributed by atoms with E-state index in [2.05, 4.69) is 15.0 Å². The molecule has 294 valence electrons. The first-order chi connectivity index (χ1) is 26.6. The van der Waals surface area contributed by atoms with Gasteiger partial charge in [-0.2, -0.15) is 15.0 Å². The SMILES string of the molecule is O=C(O)CN(c1cc(C(=O)O)cc(C(=O)O)c1)c1nc(N(CC(=O)O)c2cc(C(=O)O)cc(C(=O)O)c2)nc(N(CC(=O)O)c2cc(C(=O)O)cc(C(=O)O)c2)n1. The molecular formula is C33H24N6O18. The van der Waals surface area contributed by atoms with Gasteiger partial charge in [-0.15, -0.1) is 0 Å². The maximum absolute atomic E-state index is 12.2. The lowest BCUT2D eigenvalue weighted by Crippen LogP contribution is -2.33. The summed E-state index contributed by atoms with van der Waals surface area (Å²) in [6.45, 7) is -3.71. The molecule has 9 N–H and O–H groups in total. The summed E-state index contributed by atoms with van der Waals surface area (Å²) >= 11 is 0. The number of aromatic nitrogens is 3. The van der Waals surface area contributed by atoms with Gasteiger partial charge in [0.2, 0.25) is 17.8 Å². The van der Waals surface area contributed by atoms with Gasteiger partial charge in [0.1, 0.15) is 19.6 Å². The molecule has 0 aliphatic heterocycles. The Morgan fingerprint density at radius 1 is 0.333 bits per heavy atom. The van der Waals surface area contributed by atoms with Gasteiger partial charge in [-0.1, -0.05) is 0 Å². The average molecular weight is 793 g/mol. The second-order valence-corrected chi connectivity index (χ2v) is 11.3. The number of aromatic carboxylic acids is 6. The Morgan fingerprint density at radius 3 is 0.649 bits per heavy atom. The summed E-state index contributed by atoms with van der Waals surface area (Å²) in [4.78, 5) is 122. The number of carbonyl (C=O) groups is 9. The third-order valence-electron chi connectivity index (χ3n) is 7.37. The highest BCUT2D eigenvalue weighted by molar-refractivity contribution is 5.98. The van der Waals surface area contributed by atoms with Gasteiger partial charge in [-0.05, 0) is 54.6 Å². The number of hydrogen-bond acceptors (Lipinski definition) is 15. The molecule has 24 heteroatoms. The van der Waals surface area contributed by atoms with Crippen LogP contribution in [0.5, 0.6) is 0 Å². The first kappa shape index (κ1) is 41.1. The zero-order valence-corrected chi connectivity index (χ0v) is 28.2. The monoisotopic (exact) mass is 792 g/mol. The van der Waals surface area contributed by atoms with Gasteiger partial charge in [0.05, 0.1) is 33.4 Å². The Labute approximate surface area is 315 Å². The van der Waals surface area contributed by atoms with Crippen molar-refractivity contribution in [3.63, 3.8) is 0 Å². The fraction of sp³-hybridized carbons (Fsp3) is 0.0909. The lowest BCUT2D eigenvalue weighted by atomic mass is 10.1. The molecule has 0 bridgehead atoms. The largest absolute Gasteiger partial charge is 0.480 e. The van der Waals surface area contributed by atoms with E-state index in [1.807, 2.05) is 0 Å². The average Bonchev–Trinajstić information content (AvgIpc) is 3.13. The van der Waals surface area contributed by atoms with Crippen molar-refractivity contribution in [1.82, 2.24) is 15.0 Å². The van der Waals surface area contributed by atoms with Crippen LogP contribution in [0.2, 0.25) is 0 Å². The summed E-state index contributed by atoms with van der Waals surface area (Å²) in [6, 6.07) is 6.87. The molecule has 0 saturated carbocycles. The molecule has 1 heterocycles. The van der Waals surface area contributed by atoms with Crippen LogP contribution >= 0.6 is 0 Å². The number of hydrogen-bond donors (Lipinski definition) is 9. The Bertz CT molecular complexity index is 2030. The summed E-state index contributed by atoms with van der Waals surface area (Å²) in [5.41, 5.74) is -5.85. The van der Waals surface area contributed by atoms with Crippen LogP contribution in [0.4, 0.5) is 34.9 Å². The van der Waals surface area contributed by atoms with Crippen molar-refractivity contribution in [3.8, 4) is 0 Å². The summed E-state index contributed by atoms with van der Waals surface area (Å²) in [5.74, 6) is -18.0. The van der Waals surface area contributed by atoms with Crippen LogP contribution in [0.15, 0.2) is 54.6 Å². The molecule has 0 unspecified atom stereocenters. The predicted octanol–water partition coefficient (Wildman–Crippen LogP) is 1.73. The Morgan fingerprint density at radius 2 is 0.509 bits per heavy atom. The van der Waals surface area contributed by atoms with Crippen molar-refractivity contribution in [2.24, 2.45) is 0 Å². The number of rotatable bonds is 18. The van der Waals surface area contributed by atoms with Crippen molar-refractivity contribution in [3.05, 3.63) is 88.0 Å². The summed E-state index contributed by atoms with van der Waals surface area (Å²) < 4.78 is 0. The molecule has 0 aliphatic rings. The van der Waals surface area contributed by atoms with Crippen molar-refractivity contribution < 1.29 is 89.1 Å². The number of benzene rings is 3. The quantitative estimate of drug-likeness (QED) is 0.0692. The number of anilines is 6. The van der Waals surface area contributed by atoms with Crippen LogP contribution < -0.4 is 14.7 Å². The van der Waals surface area contributed by atoms with E-state index in [9.17, 15) is 89.1 Å². The highest BCUT2D eigenvalue weighted by atomic mass is 16.4. The Hall–Kier alpha value is -8.70. The molecule has 1 aromatic heterocycles. The minimum atomic E-state index is -1.71. The van der Waals surface area contributed by atoms with Gasteiger partial charge >= 0.3 is 53.7 Å². The Kier molecular flexibility index (Phi) is 11.9. The highest BCUT2D eigenvalue weighted by Crippen LogP contribution is 2.34. The van der Waals surface area contributed by atoms with E-state index in [-0.39, 0.29) is 0 Å². The predicted molar refractivity (Wildman–Crippen MR) is 185 cm³/mol. The highest BCUT2D eigenvalue weighted by Gasteiger charge is 2.29. The third kappa shape index (κ3) is 9.84. The standard InChI is InChI=1S/C33H24N6O18/c40-22(41)10-37(19-4-13(25(46)47)1-14(5-19)26(48)49)31-34-32(38(11-23(42)43)20-6-15(27(50)51)2-16(7-20)28(52)53)36-33(35-31)39(12-24(44)45)21-8-17(29(54)55)3-18(9-21)30(56)57/h1-9H,10-12H2,(H,40,41)(H,42,43)(H,44,45)(H,46,47)(H,48,49)(H,50,51)(H,52,53)(H,54,55)(H,56,57). The van der Waals surface area contributed by atoms with Crippen molar-refractivity contribution in [2.75, 3.05) is 34.3 Å². The molecule has 24 nitrogen and oxygen atoms in total. The molecule has 0 fully saturated rings. The zero-order chi connectivity index (χ0) is 42.5. The first-order valence-corrected chi connectivity index (χ1v) is 15.2. The van der Waals surface area contributed by atoms with E-state index in [4.69, 9.17) is 0 Å². The number of nitrogens with zero attached hydrogens (tertiary/aromatic N) is 6. The molecule has 0 aliphatic carbocycles. The fourth-order valence-corrected chi connectivity index (χ4v) is 4.99. The van der Waals surface area contributed by atoms with Crippen molar-refractivity contribution in [1.29, 1.82) is 0 Å². The molecule has 0 saturated heterocycles. The molecule has 57 heavy (non-hydrogen) atoms. The van der Waals surface area contributed by atoms with Gasteiger partial charge < -0.3 is 46.0 Å². The molecule has 4 aromatic rings. The lowest BCUT2D eigenvalue weighted by Gasteiger charge is -2.28. The molecule has 0 radical (unpaired) electrons. The Balaban J connectivity index is 2.21. The normalized spacial score (nSPS) is 10.5. The lowest BCUT2D eigenvalue weighted by molar-refractivity contribution is -0.136. The van der Waals surface area contributed by atoms with Crippen LogP contribution in [0.1, 0.15) is 62.1 Å². The van der Waals surface area contributed by atoms with Gasteiger partial charge in [0, 0.05) is 17.1 Å². The van der Waals surface area contributed by atoms with E-state index < -0.39 is 142 Å². The van der Waals surface area contributed by atoms with Crippen molar-refractivity contribution in [2.45, 2.75) is 0 Å². The number of aliphatic carboxylic acids is 3. The van der Waals surface area contributed by atoms with Crippen LogP contribution in [0, 0.1) is 0 Å². The van der Waals surface area contributed by atoms with Crippen LogP contribution in [0.25, 0.3) is 0 Å². The molecular weight excluding hydrogens is 768 g/mol. The molecule has 0 spiro atoms. The maximum Gasteiger partial charge on any atom is 0.335 e. The first-order valence-electron chi connectivity index (χ1n) is 15.2. The number of carboxylic acids is 9. The molecule has 4 rings (SSSR count). The van der Waals surface area contributed by atoms with Crippen LogP contribution in [0.3, 0.4) is 0 Å². The van der Waals surface area contributed by atoms with E-state index in [1.165, 1.54) is 0 Å². The topological polar surface area (TPSA) is 384 Å². The van der Waals surface area contributed by atoms with Gasteiger partial charge in [-0.25, -0.2) is 28.8 Å². The van der Waals surface area contributed by atoms with E-state index in [0.29, 0.717) is 32.9 Å². The van der Waals surface area contributed by atoms with E-state index >= 15 is 0 Å². The van der Waals surface area contributed by atoms with Crippen LogP contribution in [-0.2, 0) is 14.4 Å².